The topological polar surface area (TPSA) is 47.7 Å². The summed E-state index contributed by atoms with van der Waals surface area (Å²) >= 11 is 0. The minimum absolute atomic E-state index is 0.563. The van der Waals surface area contributed by atoms with Crippen LogP contribution in [0, 0.1) is 5.92 Å². The fraction of sp³-hybridized carbons (Fsp3) is 0.647. The van der Waals surface area contributed by atoms with Crippen LogP contribution in [0.4, 0.5) is 0 Å². The lowest BCUT2D eigenvalue weighted by Crippen LogP contribution is -2.36. The zero-order valence-corrected chi connectivity index (χ0v) is 13.5. The summed E-state index contributed by atoms with van der Waals surface area (Å²) < 4.78 is 10.8. The second-order valence-electron chi connectivity index (χ2n) is 5.89. The summed E-state index contributed by atoms with van der Waals surface area (Å²) in [6.07, 6.45) is 2.70. The molecule has 0 radical (unpaired) electrons. The minimum atomic E-state index is 0.563. The van der Waals surface area contributed by atoms with Gasteiger partial charge < -0.3 is 15.2 Å². The molecule has 0 spiro atoms. The highest BCUT2D eigenvalue weighted by Gasteiger charge is 2.32. The Bertz CT molecular complexity index is 446. The second-order valence-corrected chi connectivity index (χ2v) is 5.89. The Balaban J connectivity index is 2.13. The van der Waals surface area contributed by atoms with Crippen molar-refractivity contribution in [3.05, 3.63) is 29.3 Å². The maximum Gasteiger partial charge on any atom is 0.123 e. The molecule has 0 aliphatic heterocycles. The third-order valence-electron chi connectivity index (χ3n) is 4.42. The Morgan fingerprint density at radius 3 is 2.67 bits per heavy atom. The quantitative estimate of drug-likeness (QED) is 0.759. The molecule has 4 nitrogen and oxygen atoms in total. The normalized spacial score (nSPS) is 16.2. The van der Waals surface area contributed by atoms with E-state index in [2.05, 4.69) is 17.9 Å². The first-order chi connectivity index (χ1) is 10.2. The van der Waals surface area contributed by atoms with E-state index in [1.807, 2.05) is 12.1 Å². The van der Waals surface area contributed by atoms with Crippen molar-refractivity contribution in [2.75, 3.05) is 27.4 Å². The van der Waals surface area contributed by atoms with Crippen LogP contribution in [0.2, 0.25) is 0 Å². The average Bonchev–Trinajstić information content (AvgIpc) is 3.35. The molecule has 1 unspecified atom stereocenters. The summed E-state index contributed by atoms with van der Waals surface area (Å²) in [5.74, 6) is 1.78. The van der Waals surface area contributed by atoms with Crippen molar-refractivity contribution >= 4 is 0 Å². The maximum absolute atomic E-state index is 5.76. The SMILES string of the molecule is COCCN(Cc1cc(CN)ccc1OC)C(C)C1CC1. The maximum atomic E-state index is 5.76. The zero-order chi connectivity index (χ0) is 15.2. The van der Waals surface area contributed by atoms with E-state index in [1.165, 1.54) is 18.4 Å². The van der Waals surface area contributed by atoms with Gasteiger partial charge in [0.1, 0.15) is 5.75 Å². The van der Waals surface area contributed by atoms with Crippen molar-refractivity contribution < 1.29 is 9.47 Å². The molecule has 1 saturated carbocycles. The van der Waals surface area contributed by atoms with E-state index in [-0.39, 0.29) is 0 Å². The van der Waals surface area contributed by atoms with E-state index >= 15 is 0 Å². The highest BCUT2D eigenvalue weighted by atomic mass is 16.5. The van der Waals surface area contributed by atoms with Gasteiger partial charge in [-0.15, -0.1) is 0 Å². The molecule has 0 heterocycles. The van der Waals surface area contributed by atoms with Crippen LogP contribution in [-0.4, -0.2) is 38.3 Å². The lowest BCUT2D eigenvalue weighted by molar-refractivity contribution is 0.111. The van der Waals surface area contributed by atoms with Crippen molar-refractivity contribution in [2.45, 2.75) is 38.9 Å². The molecule has 0 bridgehead atoms. The standard InChI is InChI=1S/C17H28N2O2/c1-13(15-5-6-15)19(8-9-20-2)12-16-10-14(11-18)4-7-17(16)21-3/h4,7,10,13,15H,5-6,8-9,11-12,18H2,1-3H3. The van der Waals surface area contributed by atoms with E-state index in [4.69, 9.17) is 15.2 Å². The van der Waals surface area contributed by atoms with Crippen LogP contribution in [0.15, 0.2) is 18.2 Å². The molecule has 0 amide bonds. The largest absolute Gasteiger partial charge is 0.496 e. The molecule has 2 rings (SSSR count). The predicted molar refractivity (Wildman–Crippen MR) is 85.4 cm³/mol. The number of hydrogen-bond acceptors (Lipinski definition) is 4. The van der Waals surface area contributed by atoms with Gasteiger partial charge in [0.2, 0.25) is 0 Å². The van der Waals surface area contributed by atoms with Crippen LogP contribution in [0.3, 0.4) is 0 Å². The number of methoxy groups -OCH3 is 2. The summed E-state index contributed by atoms with van der Waals surface area (Å²) in [6.45, 7) is 5.48. The summed E-state index contributed by atoms with van der Waals surface area (Å²) in [5, 5.41) is 0. The molecule has 1 aromatic rings. The van der Waals surface area contributed by atoms with Crippen LogP contribution < -0.4 is 10.5 Å². The fourth-order valence-corrected chi connectivity index (χ4v) is 2.81. The Hall–Kier alpha value is -1.10. The predicted octanol–water partition coefficient (Wildman–Crippen LogP) is 2.40. The van der Waals surface area contributed by atoms with E-state index < -0.39 is 0 Å². The molecule has 2 N–H and O–H groups in total. The lowest BCUT2D eigenvalue weighted by Gasteiger charge is -2.29. The van der Waals surface area contributed by atoms with Gasteiger partial charge in [-0.1, -0.05) is 6.07 Å². The molecular formula is C17H28N2O2. The second kappa shape index (κ2) is 7.78. The van der Waals surface area contributed by atoms with E-state index in [1.54, 1.807) is 14.2 Å². The zero-order valence-electron chi connectivity index (χ0n) is 13.5. The molecule has 0 aromatic heterocycles. The minimum Gasteiger partial charge on any atom is -0.496 e. The average molecular weight is 292 g/mol. The van der Waals surface area contributed by atoms with Crippen LogP contribution in [0.1, 0.15) is 30.9 Å². The number of benzene rings is 1. The van der Waals surface area contributed by atoms with Crippen LogP contribution in [-0.2, 0) is 17.8 Å². The highest BCUT2D eigenvalue weighted by molar-refractivity contribution is 5.37. The first-order valence-corrected chi connectivity index (χ1v) is 7.78. The van der Waals surface area contributed by atoms with Crippen molar-refractivity contribution in [1.82, 2.24) is 4.90 Å². The van der Waals surface area contributed by atoms with E-state index in [0.29, 0.717) is 12.6 Å². The summed E-state index contributed by atoms with van der Waals surface area (Å²) in [7, 11) is 3.49. The van der Waals surface area contributed by atoms with Gasteiger partial charge in [0, 0.05) is 38.3 Å². The van der Waals surface area contributed by atoms with Gasteiger partial charge in [0.05, 0.1) is 13.7 Å². The molecule has 1 aliphatic rings. The Morgan fingerprint density at radius 1 is 1.33 bits per heavy atom. The van der Waals surface area contributed by atoms with Crippen molar-refractivity contribution in [3.8, 4) is 5.75 Å². The highest BCUT2D eigenvalue weighted by Crippen LogP contribution is 2.36. The Kier molecular flexibility index (Phi) is 6.03. The lowest BCUT2D eigenvalue weighted by atomic mass is 10.1. The summed E-state index contributed by atoms with van der Waals surface area (Å²) in [4.78, 5) is 2.50. The van der Waals surface area contributed by atoms with Gasteiger partial charge in [0.15, 0.2) is 0 Å². The van der Waals surface area contributed by atoms with Crippen LogP contribution in [0.5, 0.6) is 5.75 Å². The first kappa shape index (κ1) is 16.3. The molecule has 118 valence electrons. The first-order valence-electron chi connectivity index (χ1n) is 7.78. The monoisotopic (exact) mass is 292 g/mol. The number of ether oxygens (including phenoxy) is 2. The third-order valence-corrected chi connectivity index (χ3v) is 4.42. The Labute approximate surface area is 128 Å². The number of nitrogens with zero attached hydrogens (tertiary/aromatic N) is 1. The molecule has 0 saturated heterocycles. The van der Waals surface area contributed by atoms with Gasteiger partial charge in [0.25, 0.3) is 0 Å². The number of hydrogen-bond donors (Lipinski definition) is 1. The number of nitrogens with two attached hydrogens (primary N) is 1. The number of rotatable bonds is 9. The summed E-state index contributed by atoms with van der Waals surface area (Å²) in [5.41, 5.74) is 8.13. The van der Waals surface area contributed by atoms with Crippen molar-refractivity contribution in [2.24, 2.45) is 11.7 Å². The molecule has 1 aromatic carbocycles. The van der Waals surface area contributed by atoms with E-state index in [0.717, 1.165) is 36.9 Å². The molecule has 21 heavy (non-hydrogen) atoms. The van der Waals surface area contributed by atoms with Gasteiger partial charge in [-0.2, -0.15) is 0 Å². The van der Waals surface area contributed by atoms with Crippen LogP contribution >= 0.6 is 0 Å². The molecule has 1 fully saturated rings. The molecule has 4 heteroatoms. The smallest absolute Gasteiger partial charge is 0.123 e. The van der Waals surface area contributed by atoms with E-state index in [9.17, 15) is 0 Å². The fourth-order valence-electron chi connectivity index (χ4n) is 2.81. The van der Waals surface area contributed by atoms with Gasteiger partial charge in [-0.25, -0.2) is 0 Å². The van der Waals surface area contributed by atoms with Crippen LogP contribution in [0.25, 0.3) is 0 Å². The van der Waals surface area contributed by atoms with Gasteiger partial charge in [-0.05, 0) is 43.4 Å². The van der Waals surface area contributed by atoms with Crippen molar-refractivity contribution in [3.63, 3.8) is 0 Å². The summed E-state index contributed by atoms with van der Waals surface area (Å²) in [6, 6.07) is 6.81. The molecule has 1 atom stereocenters. The Morgan fingerprint density at radius 2 is 2.10 bits per heavy atom. The molecule has 1 aliphatic carbocycles. The van der Waals surface area contributed by atoms with Gasteiger partial charge >= 0.3 is 0 Å². The third kappa shape index (κ3) is 4.43. The van der Waals surface area contributed by atoms with Crippen molar-refractivity contribution in [1.29, 1.82) is 0 Å². The van der Waals surface area contributed by atoms with Gasteiger partial charge in [-0.3, -0.25) is 4.90 Å². The molecular weight excluding hydrogens is 264 g/mol.